The fraction of sp³-hybridized carbons (Fsp3) is 0.267. The lowest BCUT2D eigenvalue weighted by molar-refractivity contribution is -0.117. The number of aromatic nitrogens is 2. The molecule has 1 aliphatic rings. The van der Waals surface area contributed by atoms with Crippen molar-refractivity contribution in [1.82, 2.24) is 9.97 Å². The van der Waals surface area contributed by atoms with Crippen LogP contribution in [0.2, 0.25) is 0 Å². The molecule has 0 aliphatic heterocycles. The van der Waals surface area contributed by atoms with E-state index in [4.69, 9.17) is 10.5 Å². The number of nitrogens with two attached hydrogens (primary N) is 1. The van der Waals surface area contributed by atoms with Crippen LogP contribution in [0.1, 0.15) is 18.4 Å². The number of nitrogens with zero attached hydrogens (tertiary/aromatic N) is 2. The van der Waals surface area contributed by atoms with E-state index < -0.39 is 5.82 Å². The van der Waals surface area contributed by atoms with E-state index >= 15 is 0 Å². The summed E-state index contributed by atoms with van der Waals surface area (Å²) in [4.78, 5) is 19.6. The molecule has 0 bridgehead atoms. The molecule has 6 nitrogen and oxygen atoms in total. The summed E-state index contributed by atoms with van der Waals surface area (Å²) >= 11 is 0. The van der Waals surface area contributed by atoms with Gasteiger partial charge in [0.2, 0.25) is 11.8 Å². The first-order chi connectivity index (χ1) is 10.5. The van der Waals surface area contributed by atoms with Crippen molar-refractivity contribution in [2.24, 2.45) is 5.92 Å². The van der Waals surface area contributed by atoms with Crippen molar-refractivity contribution in [1.29, 1.82) is 0 Å². The van der Waals surface area contributed by atoms with Crippen molar-refractivity contribution < 1.29 is 13.9 Å². The van der Waals surface area contributed by atoms with Crippen molar-refractivity contribution in [3.05, 3.63) is 35.9 Å². The number of hydrogen-bond acceptors (Lipinski definition) is 5. The van der Waals surface area contributed by atoms with Crippen LogP contribution in [-0.2, 0) is 4.79 Å². The van der Waals surface area contributed by atoms with Crippen molar-refractivity contribution >= 4 is 17.4 Å². The summed E-state index contributed by atoms with van der Waals surface area (Å²) in [6.07, 6.45) is 3.05. The summed E-state index contributed by atoms with van der Waals surface area (Å²) in [7, 11) is 0. The van der Waals surface area contributed by atoms with E-state index in [2.05, 4.69) is 15.3 Å². The molecule has 0 spiro atoms. The first-order valence-electron chi connectivity index (χ1n) is 6.89. The molecule has 1 aromatic carbocycles. The third kappa shape index (κ3) is 3.13. The van der Waals surface area contributed by atoms with E-state index in [1.165, 1.54) is 24.5 Å². The maximum atomic E-state index is 13.8. The van der Waals surface area contributed by atoms with Gasteiger partial charge in [0.25, 0.3) is 0 Å². The monoisotopic (exact) mass is 302 g/mol. The average Bonchev–Trinajstić information content (AvgIpc) is 3.30. The number of carbonyl (C=O) groups is 1. The smallest absolute Gasteiger partial charge is 0.228 e. The molecule has 0 atom stereocenters. The van der Waals surface area contributed by atoms with Crippen LogP contribution in [0.25, 0.3) is 0 Å². The van der Waals surface area contributed by atoms with Gasteiger partial charge in [0, 0.05) is 23.7 Å². The lowest BCUT2D eigenvalue weighted by Crippen LogP contribution is -2.14. The van der Waals surface area contributed by atoms with Crippen molar-refractivity contribution in [3.8, 4) is 11.6 Å². The number of anilines is 2. The minimum absolute atomic E-state index is 0.0184. The molecule has 2 aromatic rings. The molecule has 1 fully saturated rings. The van der Waals surface area contributed by atoms with Gasteiger partial charge in [-0.15, -0.1) is 0 Å². The van der Waals surface area contributed by atoms with Crippen LogP contribution in [-0.4, -0.2) is 15.9 Å². The molecular weight excluding hydrogens is 287 g/mol. The fourth-order valence-electron chi connectivity index (χ4n) is 1.90. The Morgan fingerprint density at radius 1 is 1.36 bits per heavy atom. The fourth-order valence-corrected chi connectivity index (χ4v) is 1.90. The highest BCUT2D eigenvalue weighted by molar-refractivity contribution is 5.93. The predicted molar refractivity (Wildman–Crippen MR) is 79.0 cm³/mol. The normalized spacial score (nSPS) is 13.7. The number of nitrogen functional groups attached to an aromatic ring is 1. The Morgan fingerprint density at radius 3 is 2.86 bits per heavy atom. The lowest BCUT2D eigenvalue weighted by Gasteiger charge is -2.09. The van der Waals surface area contributed by atoms with E-state index in [-0.39, 0.29) is 23.5 Å². The molecule has 114 valence electrons. The summed E-state index contributed by atoms with van der Waals surface area (Å²) in [5, 5.41) is 2.68. The van der Waals surface area contributed by atoms with Crippen LogP contribution >= 0.6 is 0 Å². The zero-order chi connectivity index (χ0) is 15.7. The lowest BCUT2D eigenvalue weighted by atomic mass is 10.2. The Kier molecular flexibility index (Phi) is 3.62. The summed E-state index contributed by atoms with van der Waals surface area (Å²) < 4.78 is 19.2. The second-order valence-corrected chi connectivity index (χ2v) is 5.25. The average molecular weight is 302 g/mol. The second-order valence-electron chi connectivity index (χ2n) is 5.25. The minimum atomic E-state index is -0.578. The van der Waals surface area contributed by atoms with E-state index in [1.807, 2.05) is 0 Å². The number of nitrogens with one attached hydrogen (secondary N) is 1. The van der Waals surface area contributed by atoms with Crippen molar-refractivity contribution in [2.75, 3.05) is 11.1 Å². The third-order valence-corrected chi connectivity index (χ3v) is 3.38. The number of hydrogen-bond donors (Lipinski definition) is 2. The van der Waals surface area contributed by atoms with Gasteiger partial charge in [-0.1, -0.05) is 0 Å². The first-order valence-corrected chi connectivity index (χ1v) is 6.89. The second kappa shape index (κ2) is 5.59. The van der Waals surface area contributed by atoms with Crippen LogP contribution in [0.15, 0.2) is 24.5 Å². The van der Waals surface area contributed by atoms with Gasteiger partial charge in [-0.2, -0.15) is 0 Å². The van der Waals surface area contributed by atoms with Gasteiger partial charge in [0.05, 0.1) is 0 Å². The Bertz CT molecular complexity index is 731. The first kappa shape index (κ1) is 14.2. The van der Waals surface area contributed by atoms with Gasteiger partial charge < -0.3 is 15.8 Å². The topological polar surface area (TPSA) is 90.1 Å². The summed E-state index contributed by atoms with van der Waals surface area (Å²) in [6, 6.07) is 4.14. The number of aryl methyl sites for hydroxylation is 1. The molecule has 0 saturated heterocycles. The molecule has 3 rings (SSSR count). The van der Waals surface area contributed by atoms with Crippen LogP contribution in [0, 0.1) is 18.7 Å². The van der Waals surface area contributed by atoms with Gasteiger partial charge in [-0.05, 0) is 31.4 Å². The molecule has 1 aromatic heterocycles. The number of halogens is 1. The van der Waals surface area contributed by atoms with Crippen molar-refractivity contribution in [3.63, 3.8) is 0 Å². The SMILES string of the molecule is Cc1cc(Oc2cc(NC(=O)C3CC3)ncn2)c(F)cc1N. The summed E-state index contributed by atoms with van der Waals surface area (Å²) in [5.41, 5.74) is 6.68. The molecular formula is C15H15FN4O2. The zero-order valence-electron chi connectivity index (χ0n) is 12.0. The van der Waals surface area contributed by atoms with E-state index in [0.717, 1.165) is 12.8 Å². The van der Waals surface area contributed by atoms with Gasteiger partial charge in [-0.3, -0.25) is 4.79 Å². The van der Waals surface area contributed by atoms with E-state index in [9.17, 15) is 9.18 Å². The highest BCUT2D eigenvalue weighted by Gasteiger charge is 2.29. The Labute approximate surface area is 126 Å². The van der Waals surface area contributed by atoms with Crippen LogP contribution < -0.4 is 15.8 Å². The highest BCUT2D eigenvalue weighted by Crippen LogP contribution is 2.31. The standard InChI is InChI=1S/C15H15FN4O2/c1-8-4-12(10(16)5-11(8)17)22-14-6-13(18-7-19-14)20-15(21)9-2-3-9/h4-7,9H,2-3,17H2,1H3,(H,18,19,20,21). The number of rotatable bonds is 4. The minimum Gasteiger partial charge on any atom is -0.436 e. The molecule has 1 saturated carbocycles. The zero-order valence-corrected chi connectivity index (χ0v) is 12.0. The van der Waals surface area contributed by atoms with Crippen LogP contribution in [0.4, 0.5) is 15.9 Å². The molecule has 0 radical (unpaired) electrons. The Balaban J connectivity index is 1.77. The van der Waals surface area contributed by atoms with Gasteiger partial charge >= 0.3 is 0 Å². The van der Waals surface area contributed by atoms with Gasteiger partial charge in [0.15, 0.2) is 11.6 Å². The Hall–Kier alpha value is -2.70. The highest BCUT2D eigenvalue weighted by atomic mass is 19.1. The number of amides is 1. The van der Waals surface area contributed by atoms with Gasteiger partial charge in [-0.25, -0.2) is 14.4 Å². The number of ether oxygens (including phenoxy) is 1. The number of carbonyl (C=O) groups excluding carboxylic acids is 1. The van der Waals surface area contributed by atoms with E-state index in [1.54, 1.807) is 6.92 Å². The van der Waals surface area contributed by atoms with Crippen LogP contribution in [0.5, 0.6) is 11.6 Å². The van der Waals surface area contributed by atoms with Gasteiger partial charge in [0.1, 0.15) is 12.1 Å². The molecule has 1 heterocycles. The number of benzene rings is 1. The maximum absolute atomic E-state index is 13.8. The predicted octanol–water partition coefficient (Wildman–Crippen LogP) is 2.65. The molecule has 0 unspecified atom stereocenters. The molecule has 3 N–H and O–H groups in total. The van der Waals surface area contributed by atoms with E-state index in [0.29, 0.717) is 17.1 Å². The third-order valence-electron chi connectivity index (χ3n) is 3.38. The Morgan fingerprint density at radius 2 is 2.14 bits per heavy atom. The molecule has 7 heteroatoms. The summed E-state index contributed by atoms with van der Waals surface area (Å²) in [5.74, 6) is -0.0931. The summed E-state index contributed by atoms with van der Waals surface area (Å²) in [6.45, 7) is 1.75. The maximum Gasteiger partial charge on any atom is 0.228 e. The van der Waals surface area contributed by atoms with Crippen molar-refractivity contribution in [2.45, 2.75) is 19.8 Å². The molecule has 1 amide bonds. The molecule has 22 heavy (non-hydrogen) atoms. The quantitative estimate of drug-likeness (QED) is 0.847. The van der Waals surface area contributed by atoms with Crippen LogP contribution in [0.3, 0.4) is 0 Å². The largest absolute Gasteiger partial charge is 0.436 e. The molecule has 1 aliphatic carbocycles.